The number of benzene rings is 2. The Kier molecular flexibility index (Phi) is 6.42. The average Bonchev–Trinajstić information content (AvgIpc) is 3.17. The van der Waals surface area contributed by atoms with E-state index in [2.05, 4.69) is 10.4 Å². The Balaban J connectivity index is 1.51. The lowest BCUT2D eigenvalue weighted by molar-refractivity contribution is -0.116. The summed E-state index contributed by atoms with van der Waals surface area (Å²) in [6.07, 6.45) is 0.0197. The molecule has 0 aliphatic heterocycles. The third kappa shape index (κ3) is 4.88. The molecule has 0 saturated carbocycles. The molecule has 0 aliphatic rings. The maximum absolute atomic E-state index is 12.7. The number of ether oxygens (including phenoxy) is 1. The number of pyridine rings is 1. The minimum absolute atomic E-state index is 0.00288. The van der Waals surface area contributed by atoms with Crippen molar-refractivity contribution < 1.29 is 14.3 Å². The van der Waals surface area contributed by atoms with E-state index in [-0.39, 0.29) is 24.5 Å². The third-order valence-electron chi connectivity index (χ3n) is 5.27. The first kappa shape index (κ1) is 22.5. The fraction of sp³-hybridized carbons (Fsp3) is 0.200. The number of aryl methyl sites for hydroxylation is 2. The Morgan fingerprint density at radius 3 is 2.64 bits per heavy atom. The zero-order valence-corrected chi connectivity index (χ0v) is 19.3. The van der Waals surface area contributed by atoms with E-state index in [4.69, 9.17) is 21.3 Å². The van der Waals surface area contributed by atoms with Crippen LogP contribution in [-0.4, -0.2) is 33.6 Å². The maximum Gasteiger partial charge on any atom is 0.225 e. The van der Waals surface area contributed by atoms with Gasteiger partial charge in [-0.15, -0.1) is 0 Å². The number of nitrogens with one attached hydrogen (secondary N) is 1. The first-order chi connectivity index (χ1) is 15.9. The van der Waals surface area contributed by atoms with Crippen molar-refractivity contribution in [2.75, 3.05) is 12.4 Å². The molecule has 33 heavy (non-hydrogen) atoms. The second-order valence-corrected chi connectivity index (χ2v) is 8.15. The predicted octanol–water partition coefficient (Wildman–Crippen LogP) is 5.30. The van der Waals surface area contributed by atoms with Crippen LogP contribution in [-0.2, 0) is 4.79 Å². The molecule has 1 N–H and O–H groups in total. The zero-order chi connectivity index (χ0) is 23.5. The van der Waals surface area contributed by atoms with E-state index >= 15 is 0 Å². The molecule has 0 saturated heterocycles. The Morgan fingerprint density at radius 2 is 1.85 bits per heavy atom. The maximum atomic E-state index is 12.7. The molecule has 1 amide bonds. The van der Waals surface area contributed by atoms with Gasteiger partial charge in [-0.3, -0.25) is 9.59 Å². The number of ketones is 1. The molecule has 0 aliphatic carbocycles. The second kappa shape index (κ2) is 9.42. The van der Waals surface area contributed by atoms with Crippen molar-refractivity contribution in [3.63, 3.8) is 0 Å². The fourth-order valence-electron chi connectivity index (χ4n) is 3.67. The number of halogens is 1. The van der Waals surface area contributed by atoms with Gasteiger partial charge in [-0.1, -0.05) is 29.8 Å². The van der Waals surface area contributed by atoms with Crippen LogP contribution in [0.3, 0.4) is 0 Å². The first-order valence-electron chi connectivity index (χ1n) is 10.5. The van der Waals surface area contributed by atoms with Crippen molar-refractivity contribution in [1.29, 1.82) is 0 Å². The summed E-state index contributed by atoms with van der Waals surface area (Å²) in [7, 11) is 1.48. The molecular weight excluding hydrogens is 440 g/mol. The normalized spacial score (nSPS) is 10.9. The highest BCUT2D eigenvalue weighted by Gasteiger charge is 2.17. The van der Waals surface area contributed by atoms with E-state index in [0.717, 1.165) is 22.2 Å². The number of Topliss-reactive ketones (excluding diaryl/α,β-unsaturated/α-hetero) is 1. The van der Waals surface area contributed by atoms with Crippen molar-refractivity contribution in [1.82, 2.24) is 14.8 Å². The van der Waals surface area contributed by atoms with Gasteiger partial charge in [0.2, 0.25) is 5.91 Å². The number of amides is 1. The molecule has 4 rings (SSSR count). The number of hydrogen-bond acceptors (Lipinski definition) is 5. The fourth-order valence-corrected chi connectivity index (χ4v) is 3.84. The van der Waals surface area contributed by atoms with Gasteiger partial charge in [0.05, 0.1) is 23.9 Å². The van der Waals surface area contributed by atoms with E-state index in [1.807, 2.05) is 44.2 Å². The van der Waals surface area contributed by atoms with Crippen LogP contribution in [0.25, 0.3) is 16.7 Å². The number of hydrogen-bond donors (Lipinski definition) is 1. The van der Waals surface area contributed by atoms with E-state index in [0.29, 0.717) is 28.0 Å². The summed E-state index contributed by atoms with van der Waals surface area (Å²) in [4.78, 5) is 30.0. The molecule has 4 aromatic rings. The molecule has 0 radical (unpaired) electrons. The summed E-state index contributed by atoms with van der Waals surface area (Å²) in [5, 5.41) is 8.85. The van der Waals surface area contributed by atoms with Crippen LogP contribution in [0, 0.1) is 13.8 Å². The number of carbonyl (C=O) groups excluding carboxylic acids is 2. The van der Waals surface area contributed by atoms with E-state index < -0.39 is 0 Å². The molecule has 168 valence electrons. The summed E-state index contributed by atoms with van der Waals surface area (Å²) in [6, 6.07) is 16.4. The summed E-state index contributed by atoms with van der Waals surface area (Å²) in [6.45, 7) is 3.85. The molecule has 0 atom stereocenters. The minimum atomic E-state index is -0.303. The highest BCUT2D eigenvalue weighted by Crippen LogP contribution is 2.25. The van der Waals surface area contributed by atoms with Gasteiger partial charge in [-0.05, 0) is 49.7 Å². The smallest absolute Gasteiger partial charge is 0.225 e. The first-order valence-corrected chi connectivity index (χ1v) is 10.8. The standard InChI is InChI=1S/C25H23ClN4O3/c1-15-12-23(27-20-7-5-4-6-18(15)20)30-24(13-16(2)29-30)28-25(32)11-9-21(31)19-14-17(26)8-10-22(19)33-3/h4-8,10,12-14H,9,11H2,1-3H3,(H,28,32). The van der Waals surface area contributed by atoms with E-state index in [1.54, 1.807) is 28.9 Å². The lowest BCUT2D eigenvalue weighted by Gasteiger charge is -2.11. The zero-order valence-electron chi connectivity index (χ0n) is 18.6. The van der Waals surface area contributed by atoms with Crippen molar-refractivity contribution >= 4 is 40.0 Å². The molecule has 8 heteroatoms. The number of nitrogens with zero attached hydrogens (tertiary/aromatic N) is 3. The largest absolute Gasteiger partial charge is 0.496 e. The van der Waals surface area contributed by atoms with Crippen LogP contribution >= 0.6 is 11.6 Å². The van der Waals surface area contributed by atoms with Gasteiger partial charge in [-0.2, -0.15) is 9.78 Å². The lowest BCUT2D eigenvalue weighted by Crippen LogP contribution is -2.17. The Hall–Kier alpha value is -3.71. The van der Waals surface area contributed by atoms with Gasteiger partial charge in [-0.25, -0.2) is 4.98 Å². The number of aromatic nitrogens is 3. The molecule has 0 fully saturated rings. The number of rotatable bonds is 7. The SMILES string of the molecule is COc1ccc(Cl)cc1C(=O)CCC(=O)Nc1cc(C)nn1-c1cc(C)c2ccccc2n1. The van der Waals surface area contributed by atoms with Crippen molar-refractivity contribution in [2.24, 2.45) is 0 Å². The summed E-state index contributed by atoms with van der Waals surface area (Å²) in [5.74, 6) is 1.00. The van der Waals surface area contributed by atoms with E-state index in [1.165, 1.54) is 7.11 Å². The number of methoxy groups -OCH3 is 1. The van der Waals surface area contributed by atoms with Gasteiger partial charge >= 0.3 is 0 Å². The molecule has 2 aromatic carbocycles. The molecule has 0 bridgehead atoms. The minimum Gasteiger partial charge on any atom is -0.496 e. The number of carbonyl (C=O) groups is 2. The van der Waals surface area contributed by atoms with Crippen molar-refractivity contribution in [3.8, 4) is 11.6 Å². The summed E-state index contributed by atoms with van der Waals surface area (Å²) in [5.41, 5.74) is 2.99. The molecule has 2 aromatic heterocycles. The second-order valence-electron chi connectivity index (χ2n) is 7.71. The van der Waals surface area contributed by atoms with Crippen LogP contribution in [0.15, 0.2) is 54.6 Å². The van der Waals surface area contributed by atoms with Gasteiger partial charge < -0.3 is 10.1 Å². The van der Waals surface area contributed by atoms with Crippen LogP contribution in [0.5, 0.6) is 5.75 Å². The molecule has 0 spiro atoms. The number of anilines is 1. The average molecular weight is 463 g/mol. The Morgan fingerprint density at radius 1 is 1.06 bits per heavy atom. The summed E-state index contributed by atoms with van der Waals surface area (Å²) >= 11 is 6.01. The van der Waals surface area contributed by atoms with Crippen molar-refractivity contribution in [3.05, 3.63) is 76.4 Å². The molecule has 7 nitrogen and oxygen atoms in total. The Labute approximate surface area is 196 Å². The van der Waals surface area contributed by atoms with Crippen LogP contribution in [0.4, 0.5) is 5.82 Å². The van der Waals surface area contributed by atoms with E-state index in [9.17, 15) is 9.59 Å². The van der Waals surface area contributed by atoms with Gasteiger partial charge in [0, 0.05) is 29.3 Å². The summed E-state index contributed by atoms with van der Waals surface area (Å²) < 4.78 is 6.84. The highest BCUT2D eigenvalue weighted by atomic mass is 35.5. The third-order valence-corrected chi connectivity index (χ3v) is 5.50. The van der Waals surface area contributed by atoms with Crippen LogP contribution in [0.1, 0.15) is 34.5 Å². The van der Waals surface area contributed by atoms with Gasteiger partial charge in [0.1, 0.15) is 11.6 Å². The highest BCUT2D eigenvalue weighted by molar-refractivity contribution is 6.31. The van der Waals surface area contributed by atoms with Crippen LogP contribution in [0.2, 0.25) is 5.02 Å². The number of para-hydroxylation sites is 1. The molecule has 0 unspecified atom stereocenters. The Bertz CT molecular complexity index is 1360. The van der Waals surface area contributed by atoms with Crippen LogP contribution < -0.4 is 10.1 Å². The van der Waals surface area contributed by atoms with Gasteiger partial charge in [0.25, 0.3) is 0 Å². The number of fused-ring (bicyclic) bond motifs is 1. The monoisotopic (exact) mass is 462 g/mol. The quantitative estimate of drug-likeness (QED) is 0.376. The predicted molar refractivity (Wildman–Crippen MR) is 129 cm³/mol. The van der Waals surface area contributed by atoms with Crippen molar-refractivity contribution in [2.45, 2.75) is 26.7 Å². The molecule has 2 heterocycles. The molecular formula is C25H23ClN4O3. The topological polar surface area (TPSA) is 86.1 Å². The lowest BCUT2D eigenvalue weighted by atomic mass is 10.1. The van der Waals surface area contributed by atoms with Gasteiger partial charge in [0.15, 0.2) is 11.6 Å².